The molecule has 0 aromatic heterocycles. The summed E-state index contributed by atoms with van der Waals surface area (Å²) in [5, 5.41) is 3.12. The first-order chi connectivity index (χ1) is 11.5. The van der Waals surface area contributed by atoms with Crippen LogP contribution in [0.1, 0.15) is 29.5 Å². The van der Waals surface area contributed by atoms with Crippen LogP contribution in [0.25, 0.3) is 0 Å². The summed E-state index contributed by atoms with van der Waals surface area (Å²) in [7, 11) is 0. The standard InChI is InChI=1S/C19H22BrN3O/c1-12-4-3-5-14(10-12)11-17(24)21-19-18(13(2)22-23-19)15-6-8-16(20)9-7-15/h3-10,13,18-19,22-23H,11H2,1-2H3,(H,21,24). The van der Waals surface area contributed by atoms with Gasteiger partial charge in [-0.05, 0) is 37.1 Å². The fourth-order valence-corrected chi connectivity index (χ4v) is 3.48. The third-order valence-corrected chi connectivity index (χ3v) is 4.91. The molecule has 2 aromatic carbocycles. The second-order valence-corrected chi connectivity index (χ2v) is 7.28. The predicted octanol–water partition coefficient (Wildman–Crippen LogP) is 3.02. The van der Waals surface area contributed by atoms with E-state index in [0.29, 0.717) is 6.42 Å². The van der Waals surface area contributed by atoms with E-state index >= 15 is 0 Å². The fraction of sp³-hybridized carbons (Fsp3) is 0.316. The van der Waals surface area contributed by atoms with E-state index in [2.05, 4.69) is 57.2 Å². The number of hydrogen-bond acceptors (Lipinski definition) is 3. The number of nitrogens with one attached hydrogen (secondary N) is 3. The topological polar surface area (TPSA) is 53.2 Å². The Bertz CT molecular complexity index is 717. The first-order valence-corrected chi connectivity index (χ1v) is 8.93. The average Bonchev–Trinajstić information content (AvgIpc) is 2.89. The number of rotatable bonds is 4. The van der Waals surface area contributed by atoms with Crippen LogP contribution in [0.5, 0.6) is 0 Å². The lowest BCUT2D eigenvalue weighted by Gasteiger charge is -2.22. The third kappa shape index (κ3) is 4.04. The minimum atomic E-state index is -0.126. The summed E-state index contributed by atoms with van der Waals surface area (Å²) < 4.78 is 1.05. The zero-order chi connectivity index (χ0) is 17.1. The van der Waals surface area contributed by atoms with E-state index in [0.717, 1.165) is 10.0 Å². The van der Waals surface area contributed by atoms with Crippen molar-refractivity contribution in [3.05, 3.63) is 69.7 Å². The number of amides is 1. The van der Waals surface area contributed by atoms with E-state index in [4.69, 9.17) is 0 Å². The van der Waals surface area contributed by atoms with Crippen molar-refractivity contribution >= 4 is 21.8 Å². The van der Waals surface area contributed by atoms with E-state index in [1.807, 2.05) is 37.3 Å². The van der Waals surface area contributed by atoms with Gasteiger partial charge in [0.25, 0.3) is 0 Å². The Balaban J connectivity index is 1.68. The van der Waals surface area contributed by atoms with E-state index in [1.54, 1.807) is 0 Å². The van der Waals surface area contributed by atoms with Gasteiger partial charge in [0.15, 0.2) is 0 Å². The Kier molecular flexibility index (Phi) is 5.33. The van der Waals surface area contributed by atoms with Crippen molar-refractivity contribution in [2.75, 3.05) is 0 Å². The quantitative estimate of drug-likeness (QED) is 0.755. The Morgan fingerprint density at radius 1 is 1.17 bits per heavy atom. The molecule has 3 atom stereocenters. The molecule has 24 heavy (non-hydrogen) atoms. The molecule has 1 amide bonds. The van der Waals surface area contributed by atoms with Gasteiger partial charge in [-0.15, -0.1) is 0 Å². The number of halogens is 1. The van der Waals surface area contributed by atoms with Crippen LogP contribution in [0, 0.1) is 6.92 Å². The highest BCUT2D eigenvalue weighted by atomic mass is 79.9. The summed E-state index contributed by atoms with van der Waals surface area (Å²) in [5.74, 6) is 0.204. The number of hydrazine groups is 1. The minimum absolute atomic E-state index is 0.0242. The van der Waals surface area contributed by atoms with Gasteiger partial charge in [-0.3, -0.25) is 10.2 Å². The Morgan fingerprint density at radius 3 is 2.62 bits per heavy atom. The van der Waals surface area contributed by atoms with Crippen molar-refractivity contribution in [1.29, 1.82) is 0 Å². The van der Waals surface area contributed by atoms with Crippen molar-refractivity contribution in [3.63, 3.8) is 0 Å². The number of carbonyl (C=O) groups is 1. The van der Waals surface area contributed by atoms with Crippen LogP contribution in [0.15, 0.2) is 53.0 Å². The van der Waals surface area contributed by atoms with Gasteiger partial charge in [-0.1, -0.05) is 57.9 Å². The van der Waals surface area contributed by atoms with Gasteiger partial charge in [-0.25, -0.2) is 5.43 Å². The van der Waals surface area contributed by atoms with Gasteiger partial charge in [-0.2, -0.15) is 0 Å². The van der Waals surface area contributed by atoms with E-state index < -0.39 is 0 Å². The van der Waals surface area contributed by atoms with E-state index in [9.17, 15) is 4.79 Å². The Hall–Kier alpha value is -1.69. The van der Waals surface area contributed by atoms with Crippen LogP contribution >= 0.6 is 15.9 Å². The molecule has 3 unspecified atom stereocenters. The summed E-state index contributed by atoms with van der Waals surface area (Å²) in [6.07, 6.45) is 0.264. The van der Waals surface area contributed by atoms with E-state index in [1.165, 1.54) is 11.1 Å². The largest absolute Gasteiger partial charge is 0.339 e. The summed E-state index contributed by atoms with van der Waals surface area (Å²) in [5.41, 5.74) is 9.84. The number of carbonyl (C=O) groups excluding carboxylic acids is 1. The van der Waals surface area contributed by atoms with E-state index in [-0.39, 0.29) is 24.0 Å². The van der Waals surface area contributed by atoms with Crippen LogP contribution in [-0.4, -0.2) is 18.1 Å². The second kappa shape index (κ2) is 7.47. The fourth-order valence-electron chi connectivity index (χ4n) is 3.21. The molecule has 4 nitrogen and oxygen atoms in total. The first-order valence-electron chi connectivity index (χ1n) is 8.14. The number of hydrogen-bond donors (Lipinski definition) is 3. The molecule has 3 N–H and O–H groups in total. The molecule has 1 saturated heterocycles. The molecule has 0 saturated carbocycles. The lowest BCUT2D eigenvalue weighted by molar-refractivity contribution is -0.121. The van der Waals surface area contributed by atoms with Crippen LogP contribution < -0.4 is 16.2 Å². The molecule has 1 fully saturated rings. The molecule has 0 bridgehead atoms. The molecule has 5 heteroatoms. The van der Waals surface area contributed by atoms with Gasteiger partial charge in [0.1, 0.15) is 6.17 Å². The maximum Gasteiger partial charge on any atom is 0.225 e. The zero-order valence-corrected chi connectivity index (χ0v) is 15.4. The Morgan fingerprint density at radius 2 is 1.92 bits per heavy atom. The molecule has 0 spiro atoms. The SMILES string of the molecule is Cc1cccc(CC(=O)NC2NNC(C)C2c2ccc(Br)cc2)c1. The lowest BCUT2D eigenvalue weighted by atomic mass is 9.91. The minimum Gasteiger partial charge on any atom is -0.339 e. The third-order valence-electron chi connectivity index (χ3n) is 4.38. The summed E-state index contributed by atoms with van der Waals surface area (Å²) in [4.78, 5) is 12.4. The van der Waals surface area contributed by atoms with Gasteiger partial charge in [0.05, 0.1) is 6.42 Å². The van der Waals surface area contributed by atoms with Crippen molar-refractivity contribution < 1.29 is 4.79 Å². The molecular formula is C19H22BrN3O. The van der Waals surface area contributed by atoms with Gasteiger partial charge in [0, 0.05) is 16.4 Å². The molecule has 1 heterocycles. The summed E-state index contributed by atoms with van der Waals surface area (Å²) >= 11 is 3.47. The summed E-state index contributed by atoms with van der Waals surface area (Å²) in [6, 6.07) is 16.6. The molecule has 2 aromatic rings. The Labute approximate surface area is 151 Å². The highest BCUT2D eigenvalue weighted by Gasteiger charge is 2.35. The monoisotopic (exact) mass is 387 g/mol. The van der Waals surface area contributed by atoms with Crippen LogP contribution in [0.3, 0.4) is 0 Å². The summed E-state index contributed by atoms with van der Waals surface area (Å²) in [6.45, 7) is 4.15. The van der Waals surface area contributed by atoms with Crippen molar-refractivity contribution in [2.45, 2.75) is 38.4 Å². The second-order valence-electron chi connectivity index (χ2n) is 6.37. The molecule has 0 radical (unpaired) electrons. The van der Waals surface area contributed by atoms with Crippen molar-refractivity contribution in [2.24, 2.45) is 0 Å². The highest BCUT2D eigenvalue weighted by molar-refractivity contribution is 9.10. The van der Waals surface area contributed by atoms with Gasteiger partial charge >= 0.3 is 0 Å². The van der Waals surface area contributed by atoms with Crippen LogP contribution in [0.2, 0.25) is 0 Å². The number of benzene rings is 2. The molecule has 1 aliphatic heterocycles. The van der Waals surface area contributed by atoms with Gasteiger partial charge in [0.2, 0.25) is 5.91 Å². The van der Waals surface area contributed by atoms with Gasteiger partial charge < -0.3 is 5.32 Å². The molecule has 1 aliphatic rings. The van der Waals surface area contributed by atoms with Crippen molar-refractivity contribution in [3.8, 4) is 0 Å². The predicted molar refractivity (Wildman–Crippen MR) is 99.4 cm³/mol. The number of aryl methyl sites for hydroxylation is 1. The molecule has 0 aliphatic carbocycles. The first kappa shape index (κ1) is 17.1. The lowest BCUT2D eigenvalue weighted by Crippen LogP contribution is -2.46. The normalized spacial score (nSPS) is 23.2. The maximum absolute atomic E-state index is 12.4. The average molecular weight is 388 g/mol. The smallest absolute Gasteiger partial charge is 0.225 e. The highest BCUT2D eigenvalue weighted by Crippen LogP contribution is 2.27. The molecule has 126 valence electrons. The maximum atomic E-state index is 12.4. The van der Waals surface area contributed by atoms with Crippen LogP contribution in [-0.2, 0) is 11.2 Å². The van der Waals surface area contributed by atoms with Crippen LogP contribution in [0.4, 0.5) is 0 Å². The molecular weight excluding hydrogens is 366 g/mol. The molecule has 3 rings (SSSR count). The van der Waals surface area contributed by atoms with Crippen molar-refractivity contribution in [1.82, 2.24) is 16.2 Å². The zero-order valence-electron chi connectivity index (χ0n) is 13.8.